The van der Waals surface area contributed by atoms with Crippen LogP contribution in [0.25, 0.3) is 0 Å². The summed E-state index contributed by atoms with van der Waals surface area (Å²) < 4.78 is 5.38. The van der Waals surface area contributed by atoms with E-state index in [9.17, 15) is 4.79 Å². The van der Waals surface area contributed by atoms with Gasteiger partial charge in [-0.25, -0.2) is 0 Å². The van der Waals surface area contributed by atoms with Crippen molar-refractivity contribution in [3.63, 3.8) is 0 Å². The predicted octanol–water partition coefficient (Wildman–Crippen LogP) is 2.69. The number of thioether (sulfide) groups is 1. The highest BCUT2D eigenvalue weighted by Gasteiger charge is 2.25. The van der Waals surface area contributed by atoms with Crippen molar-refractivity contribution in [1.82, 2.24) is 0 Å². The van der Waals surface area contributed by atoms with Crippen LogP contribution in [0.3, 0.4) is 0 Å². The SMILES string of the molecule is CSC1CCCCC1Nc1cc2c(cc1N)OCC(=O)N2. The largest absolute Gasteiger partial charge is 0.482 e. The van der Waals surface area contributed by atoms with Crippen LogP contribution in [0.2, 0.25) is 0 Å². The van der Waals surface area contributed by atoms with Crippen molar-refractivity contribution in [3.05, 3.63) is 12.1 Å². The summed E-state index contributed by atoms with van der Waals surface area (Å²) in [6, 6.07) is 4.09. The highest BCUT2D eigenvalue weighted by atomic mass is 32.2. The zero-order valence-electron chi connectivity index (χ0n) is 12.1. The predicted molar refractivity (Wildman–Crippen MR) is 88.2 cm³/mol. The van der Waals surface area contributed by atoms with Crippen molar-refractivity contribution >= 4 is 34.7 Å². The van der Waals surface area contributed by atoms with Crippen LogP contribution < -0.4 is 21.1 Å². The lowest BCUT2D eigenvalue weighted by Gasteiger charge is -2.32. The summed E-state index contributed by atoms with van der Waals surface area (Å²) in [5.41, 5.74) is 8.36. The minimum Gasteiger partial charge on any atom is -0.482 e. The minimum absolute atomic E-state index is 0.0520. The van der Waals surface area contributed by atoms with Gasteiger partial charge in [0.25, 0.3) is 5.91 Å². The molecule has 3 rings (SSSR count). The molecule has 2 unspecified atom stereocenters. The number of carbonyl (C=O) groups excluding carboxylic acids is 1. The molecule has 4 N–H and O–H groups in total. The first-order valence-electron chi connectivity index (χ1n) is 7.33. The summed E-state index contributed by atoms with van der Waals surface area (Å²) in [5, 5.41) is 7.00. The van der Waals surface area contributed by atoms with Crippen molar-refractivity contribution in [3.8, 4) is 5.75 Å². The number of anilines is 3. The van der Waals surface area contributed by atoms with Gasteiger partial charge in [-0.1, -0.05) is 12.8 Å². The average molecular weight is 307 g/mol. The number of ether oxygens (including phenoxy) is 1. The molecule has 1 heterocycles. The fourth-order valence-electron chi connectivity index (χ4n) is 3.01. The lowest BCUT2D eigenvalue weighted by Crippen LogP contribution is -2.34. The molecule has 1 aromatic carbocycles. The third kappa shape index (κ3) is 3.05. The zero-order chi connectivity index (χ0) is 14.8. The lowest BCUT2D eigenvalue weighted by atomic mass is 9.94. The van der Waals surface area contributed by atoms with Crippen LogP contribution >= 0.6 is 11.8 Å². The molecule has 1 fully saturated rings. The van der Waals surface area contributed by atoms with Crippen molar-refractivity contribution in [1.29, 1.82) is 0 Å². The zero-order valence-corrected chi connectivity index (χ0v) is 13.0. The molecule has 21 heavy (non-hydrogen) atoms. The summed E-state index contributed by atoms with van der Waals surface area (Å²) in [6.07, 6.45) is 7.11. The van der Waals surface area contributed by atoms with Gasteiger partial charge in [-0.05, 0) is 25.2 Å². The number of benzene rings is 1. The number of fused-ring (bicyclic) bond motifs is 1. The maximum absolute atomic E-state index is 11.4. The van der Waals surface area contributed by atoms with Crippen LogP contribution in [-0.4, -0.2) is 30.1 Å². The average Bonchev–Trinajstić information content (AvgIpc) is 2.49. The molecular formula is C15H21N3O2S. The Kier molecular flexibility index (Phi) is 4.14. The fourth-order valence-corrected chi connectivity index (χ4v) is 3.95. The molecule has 0 saturated heterocycles. The first kappa shape index (κ1) is 14.4. The highest BCUT2D eigenvalue weighted by molar-refractivity contribution is 7.99. The minimum atomic E-state index is -0.127. The topological polar surface area (TPSA) is 76.4 Å². The first-order chi connectivity index (χ1) is 10.2. The Bertz CT molecular complexity index is 550. The third-order valence-corrected chi connectivity index (χ3v) is 5.30. The molecule has 0 radical (unpaired) electrons. The van der Waals surface area contributed by atoms with Crippen LogP contribution in [0.4, 0.5) is 17.1 Å². The summed E-state index contributed by atoms with van der Waals surface area (Å²) in [6.45, 7) is 0.0520. The number of nitrogen functional groups attached to an aromatic ring is 1. The Morgan fingerprint density at radius 3 is 3.00 bits per heavy atom. The number of hydrogen-bond donors (Lipinski definition) is 3. The van der Waals surface area contributed by atoms with E-state index in [1.54, 1.807) is 6.07 Å². The Balaban J connectivity index is 1.81. The number of nitrogens with one attached hydrogen (secondary N) is 2. The Hall–Kier alpha value is -1.56. The van der Waals surface area contributed by atoms with Gasteiger partial charge in [-0.2, -0.15) is 11.8 Å². The van der Waals surface area contributed by atoms with Gasteiger partial charge < -0.3 is 21.1 Å². The molecule has 1 aromatic rings. The van der Waals surface area contributed by atoms with Crippen LogP contribution in [0.5, 0.6) is 5.75 Å². The van der Waals surface area contributed by atoms with Crippen molar-refractivity contribution in [2.75, 3.05) is 29.2 Å². The van der Waals surface area contributed by atoms with Crippen LogP contribution in [-0.2, 0) is 4.79 Å². The molecule has 2 aliphatic rings. The van der Waals surface area contributed by atoms with Crippen molar-refractivity contribution in [2.24, 2.45) is 0 Å². The molecule has 0 aromatic heterocycles. The van der Waals surface area contributed by atoms with Gasteiger partial charge >= 0.3 is 0 Å². The van der Waals surface area contributed by atoms with Gasteiger partial charge in [-0.3, -0.25) is 4.79 Å². The molecule has 5 nitrogen and oxygen atoms in total. The summed E-state index contributed by atoms with van der Waals surface area (Å²) in [7, 11) is 0. The normalized spacial score (nSPS) is 24.7. The van der Waals surface area contributed by atoms with Crippen LogP contribution in [0.15, 0.2) is 12.1 Å². The number of amides is 1. The van der Waals surface area contributed by atoms with E-state index in [0.29, 0.717) is 28.4 Å². The fraction of sp³-hybridized carbons (Fsp3) is 0.533. The molecule has 0 spiro atoms. The van der Waals surface area contributed by atoms with Gasteiger partial charge in [0.2, 0.25) is 0 Å². The van der Waals surface area contributed by atoms with E-state index in [1.165, 1.54) is 19.3 Å². The second-order valence-corrected chi connectivity index (χ2v) is 6.66. The Labute approximate surface area is 129 Å². The number of carbonyl (C=O) groups is 1. The maximum Gasteiger partial charge on any atom is 0.262 e. The molecule has 1 aliphatic heterocycles. The van der Waals surface area contributed by atoms with E-state index >= 15 is 0 Å². The van der Waals surface area contributed by atoms with Gasteiger partial charge in [0.1, 0.15) is 5.75 Å². The van der Waals surface area contributed by atoms with E-state index in [-0.39, 0.29) is 12.5 Å². The van der Waals surface area contributed by atoms with Crippen molar-refractivity contribution < 1.29 is 9.53 Å². The monoisotopic (exact) mass is 307 g/mol. The third-order valence-electron chi connectivity index (χ3n) is 4.13. The molecule has 1 aliphatic carbocycles. The van der Waals surface area contributed by atoms with E-state index in [2.05, 4.69) is 16.9 Å². The van der Waals surface area contributed by atoms with E-state index in [1.807, 2.05) is 17.8 Å². The quantitative estimate of drug-likeness (QED) is 0.749. The second-order valence-electron chi connectivity index (χ2n) is 5.58. The second kappa shape index (κ2) is 6.05. The molecular weight excluding hydrogens is 286 g/mol. The molecule has 114 valence electrons. The smallest absolute Gasteiger partial charge is 0.262 e. The molecule has 6 heteroatoms. The van der Waals surface area contributed by atoms with Gasteiger partial charge in [-0.15, -0.1) is 0 Å². The van der Waals surface area contributed by atoms with E-state index < -0.39 is 0 Å². The summed E-state index contributed by atoms with van der Waals surface area (Å²) >= 11 is 1.91. The Morgan fingerprint density at radius 2 is 2.19 bits per heavy atom. The van der Waals surface area contributed by atoms with Crippen LogP contribution in [0, 0.1) is 0 Å². The van der Waals surface area contributed by atoms with E-state index in [0.717, 1.165) is 12.1 Å². The number of rotatable bonds is 3. The molecule has 0 bridgehead atoms. The van der Waals surface area contributed by atoms with E-state index in [4.69, 9.17) is 10.5 Å². The Morgan fingerprint density at radius 1 is 1.38 bits per heavy atom. The molecule has 1 saturated carbocycles. The standard InChI is InChI=1S/C15H21N3O2S/c1-21-14-5-3-2-4-10(14)17-11-7-12-13(6-9(11)16)20-8-15(19)18-12/h6-7,10,14,17H,2-5,8,16H2,1H3,(H,18,19). The lowest BCUT2D eigenvalue weighted by molar-refractivity contribution is -0.118. The summed E-state index contributed by atoms with van der Waals surface area (Å²) in [5.74, 6) is 0.514. The molecule has 2 atom stereocenters. The maximum atomic E-state index is 11.4. The first-order valence-corrected chi connectivity index (χ1v) is 8.61. The van der Waals surface area contributed by atoms with Crippen molar-refractivity contribution in [2.45, 2.75) is 37.0 Å². The summed E-state index contributed by atoms with van der Waals surface area (Å²) in [4.78, 5) is 11.4. The number of hydrogen-bond acceptors (Lipinski definition) is 5. The van der Waals surface area contributed by atoms with Gasteiger partial charge in [0, 0.05) is 17.4 Å². The highest BCUT2D eigenvalue weighted by Crippen LogP contribution is 2.37. The molecule has 1 amide bonds. The van der Waals surface area contributed by atoms with Gasteiger partial charge in [0.15, 0.2) is 6.61 Å². The van der Waals surface area contributed by atoms with Gasteiger partial charge in [0.05, 0.1) is 17.1 Å². The number of nitrogens with two attached hydrogens (primary N) is 1. The van der Waals surface area contributed by atoms with Crippen LogP contribution in [0.1, 0.15) is 25.7 Å².